The summed E-state index contributed by atoms with van der Waals surface area (Å²) in [5.41, 5.74) is 3.49. The Hall–Kier alpha value is -2.05. The first-order chi connectivity index (χ1) is 12.7. The molecule has 146 valence electrons. The van der Waals surface area contributed by atoms with Crippen molar-refractivity contribution in [2.75, 3.05) is 22.4 Å². The van der Waals surface area contributed by atoms with Crippen LogP contribution in [0.15, 0.2) is 42.5 Å². The summed E-state index contributed by atoms with van der Waals surface area (Å²) >= 11 is 5.87. The van der Waals surface area contributed by atoms with Gasteiger partial charge in [0.15, 0.2) is 0 Å². The monoisotopic (exact) mass is 408 g/mol. The van der Waals surface area contributed by atoms with Gasteiger partial charge in [-0.2, -0.15) is 0 Å². The molecular formula is C20H25ClN2O3S. The smallest absolute Gasteiger partial charge is 0.232 e. The lowest BCUT2D eigenvalue weighted by molar-refractivity contribution is -0.116. The maximum atomic E-state index is 12.3. The number of halogens is 1. The van der Waals surface area contributed by atoms with Gasteiger partial charge < -0.3 is 5.32 Å². The van der Waals surface area contributed by atoms with Crippen LogP contribution in [-0.4, -0.2) is 27.1 Å². The van der Waals surface area contributed by atoms with E-state index in [0.29, 0.717) is 17.1 Å². The fraction of sp³-hybridized carbons (Fsp3) is 0.350. The number of para-hydroxylation sites is 1. The maximum absolute atomic E-state index is 12.3. The van der Waals surface area contributed by atoms with Crippen molar-refractivity contribution in [1.29, 1.82) is 0 Å². The van der Waals surface area contributed by atoms with Gasteiger partial charge in [-0.3, -0.25) is 9.10 Å². The minimum Gasteiger partial charge on any atom is -0.326 e. The molecule has 5 nitrogen and oxygen atoms in total. The van der Waals surface area contributed by atoms with Crippen molar-refractivity contribution in [3.63, 3.8) is 0 Å². The Balaban J connectivity index is 2.01. The van der Waals surface area contributed by atoms with Crippen LogP contribution in [0, 0.1) is 6.92 Å². The fourth-order valence-corrected chi connectivity index (χ4v) is 3.97. The number of nitrogens with one attached hydrogen (secondary N) is 1. The third-order valence-electron chi connectivity index (χ3n) is 4.28. The number of rotatable bonds is 8. The number of hydrogen-bond acceptors (Lipinski definition) is 3. The Morgan fingerprint density at radius 2 is 1.81 bits per heavy atom. The average Bonchev–Trinajstić information content (AvgIpc) is 2.60. The summed E-state index contributed by atoms with van der Waals surface area (Å²) in [5.74, 6) is -0.122. The van der Waals surface area contributed by atoms with Crippen LogP contribution in [0.2, 0.25) is 5.02 Å². The van der Waals surface area contributed by atoms with Crippen molar-refractivity contribution in [2.45, 2.75) is 33.1 Å². The Kier molecular flexibility index (Phi) is 7.27. The summed E-state index contributed by atoms with van der Waals surface area (Å²) < 4.78 is 25.5. The highest BCUT2D eigenvalue weighted by molar-refractivity contribution is 7.92. The zero-order chi connectivity index (χ0) is 20.0. The largest absolute Gasteiger partial charge is 0.326 e. The SMILES string of the molecule is CCc1cccc(C)c1NC(=O)CCCN(c1ccc(Cl)cc1)S(C)(=O)=O. The number of hydrogen-bond donors (Lipinski definition) is 1. The number of carbonyl (C=O) groups is 1. The Labute approximate surface area is 166 Å². The van der Waals surface area contributed by atoms with Gasteiger partial charge in [-0.15, -0.1) is 0 Å². The number of sulfonamides is 1. The van der Waals surface area contributed by atoms with E-state index in [2.05, 4.69) is 5.32 Å². The topological polar surface area (TPSA) is 66.5 Å². The molecule has 1 N–H and O–H groups in total. The van der Waals surface area contributed by atoms with Gasteiger partial charge in [0.25, 0.3) is 0 Å². The first-order valence-electron chi connectivity index (χ1n) is 8.84. The molecule has 0 heterocycles. The lowest BCUT2D eigenvalue weighted by Crippen LogP contribution is -2.31. The zero-order valence-corrected chi connectivity index (χ0v) is 17.4. The number of amides is 1. The molecule has 0 unspecified atom stereocenters. The molecule has 2 rings (SSSR count). The van der Waals surface area contributed by atoms with E-state index < -0.39 is 10.0 Å². The lowest BCUT2D eigenvalue weighted by atomic mass is 10.1. The second kappa shape index (κ2) is 9.24. The number of anilines is 2. The van der Waals surface area contributed by atoms with Crippen molar-refractivity contribution in [3.8, 4) is 0 Å². The highest BCUT2D eigenvalue weighted by atomic mass is 35.5. The minimum atomic E-state index is -3.45. The summed E-state index contributed by atoms with van der Waals surface area (Å²) in [7, 11) is -3.45. The van der Waals surface area contributed by atoms with E-state index in [4.69, 9.17) is 11.6 Å². The molecule has 0 aliphatic heterocycles. The van der Waals surface area contributed by atoms with Gasteiger partial charge in [0.05, 0.1) is 11.9 Å². The van der Waals surface area contributed by atoms with E-state index in [1.165, 1.54) is 4.31 Å². The molecule has 7 heteroatoms. The van der Waals surface area contributed by atoms with E-state index in [0.717, 1.165) is 29.5 Å². The predicted molar refractivity (Wildman–Crippen MR) is 112 cm³/mol. The van der Waals surface area contributed by atoms with Crippen LogP contribution in [0.4, 0.5) is 11.4 Å². The summed E-state index contributed by atoms with van der Waals surface area (Å²) in [4.78, 5) is 12.3. The second-order valence-electron chi connectivity index (χ2n) is 6.43. The average molecular weight is 409 g/mol. The molecule has 2 aromatic carbocycles. The van der Waals surface area contributed by atoms with Gasteiger partial charge in [-0.05, 0) is 55.2 Å². The fourth-order valence-electron chi connectivity index (χ4n) is 2.88. The number of carbonyl (C=O) groups excluding carboxylic acids is 1. The van der Waals surface area contributed by atoms with E-state index in [-0.39, 0.29) is 18.9 Å². The van der Waals surface area contributed by atoms with Gasteiger partial charge >= 0.3 is 0 Å². The minimum absolute atomic E-state index is 0.122. The molecule has 0 aliphatic carbocycles. The van der Waals surface area contributed by atoms with Crippen LogP contribution in [0.25, 0.3) is 0 Å². The van der Waals surface area contributed by atoms with Crippen molar-refractivity contribution in [2.24, 2.45) is 0 Å². The third kappa shape index (κ3) is 5.97. The molecule has 0 bridgehead atoms. The molecule has 0 saturated carbocycles. The van der Waals surface area contributed by atoms with Crippen LogP contribution in [0.1, 0.15) is 30.9 Å². The Morgan fingerprint density at radius 1 is 1.15 bits per heavy atom. The summed E-state index contributed by atoms with van der Waals surface area (Å²) in [5, 5.41) is 3.50. The Morgan fingerprint density at radius 3 is 2.41 bits per heavy atom. The van der Waals surface area contributed by atoms with Crippen LogP contribution < -0.4 is 9.62 Å². The molecule has 0 atom stereocenters. The van der Waals surface area contributed by atoms with E-state index in [1.54, 1.807) is 24.3 Å². The van der Waals surface area contributed by atoms with Crippen molar-refractivity contribution < 1.29 is 13.2 Å². The molecule has 1 amide bonds. The number of aryl methyl sites for hydroxylation is 2. The molecule has 2 aromatic rings. The molecule has 0 aliphatic rings. The van der Waals surface area contributed by atoms with Gasteiger partial charge in [-0.1, -0.05) is 36.7 Å². The third-order valence-corrected chi connectivity index (χ3v) is 5.73. The van der Waals surface area contributed by atoms with Gasteiger partial charge in [0, 0.05) is 23.7 Å². The molecule has 0 radical (unpaired) electrons. The predicted octanol–water partition coefficient (Wildman–Crippen LogP) is 4.40. The quantitative estimate of drug-likeness (QED) is 0.704. The molecule has 27 heavy (non-hydrogen) atoms. The van der Waals surface area contributed by atoms with Gasteiger partial charge in [0.1, 0.15) is 0 Å². The Bertz CT molecular complexity index is 896. The van der Waals surface area contributed by atoms with Gasteiger partial charge in [-0.25, -0.2) is 8.42 Å². The molecule has 0 spiro atoms. The normalized spacial score (nSPS) is 11.3. The zero-order valence-electron chi connectivity index (χ0n) is 15.8. The molecule has 0 saturated heterocycles. The first kappa shape index (κ1) is 21.3. The lowest BCUT2D eigenvalue weighted by Gasteiger charge is -2.22. The van der Waals surface area contributed by atoms with Crippen molar-refractivity contribution >= 4 is 38.9 Å². The van der Waals surface area contributed by atoms with Gasteiger partial charge in [0.2, 0.25) is 15.9 Å². The van der Waals surface area contributed by atoms with E-state index in [9.17, 15) is 13.2 Å². The molecule has 0 fully saturated rings. The maximum Gasteiger partial charge on any atom is 0.232 e. The molecular weight excluding hydrogens is 384 g/mol. The highest BCUT2D eigenvalue weighted by Crippen LogP contribution is 2.23. The first-order valence-corrected chi connectivity index (χ1v) is 11.1. The second-order valence-corrected chi connectivity index (χ2v) is 8.77. The summed E-state index contributed by atoms with van der Waals surface area (Å²) in [6.07, 6.45) is 2.63. The van der Waals surface area contributed by atoms with Crippen molar-refractivity contribution in [3.05, 3.63) is 58.6 Å². The van der Waals surface area contributed by atoms with Crippen LogP contribution in [0.5, 0.6) is 0 Å². The van der Waals surface area contributed by atoms with Crippen LogP contribution in [-0.2, 0) is 21.2 Å². The van der Waals surface area contributed by atoms with E-state index >= 15 is 0 Å². The summed E-state index contributed by atoms with van der Waals surface area (Å²) in [6, 6.07) is 12.5. The number of nitrogens with zero attached hydrogens (tertiary/aromatic N) is 1. The highest BCUT2D eigenvalue weighted by Gasteiger charge is 2.18. The van der Waals surface area contributed by atoms with Crippen LogP contribution in [0.3, 0.4) is 0 Å². The number of benzene rings is 2. The van der Waals surface area contributed by atoms with Crippen molar-refractivity contribution in [1.82, 2.24) is 0 Å². The van der Waals surface area contributed by atoms with E-state index in [1.807, 2.05) is 32.0 Å². The van der Waals surface area contributed by atoms with Crippen LogP contribution >= 0.6 is 11.6 Å². The summed E-state index contributed by atoms with van der Waals surface area (Å²) in [6.45, 7) is 4.23. The standard InChI is InChI=1S/C20H25ClN2O3S/c1-4-16-8-5-7-15(2)20(16)22-19(24)9-6-14-23(27(3,25)26)18-12-10-17(21)11-13-18/h5,7-8,10-13H,4,6,9,14H2,1-3H3,(H,22,24). The molecule has 0 aromatic heterocycles.